The first-order valence-electron chi connectivity index (χ1n) is 9.20. The van der Waals surface area contributed by atoms with Crippen molar-refractivity contribution in [1.29, 1.82) is 5.26 Å². The molecular formula is C20H17F3N4O4. The number of carbonyl (C=O) groups excluding carboxylic acids is 1. The van der Waals surface area contributed by atoms with E-state index in [-0.39, 0.29) is 44.4 Å². The van der Waals surface area contributed by atoms with E-state index in [1.54, 1.807) is 29.2 Å². The summed E-state index contributed by atoms with van der Waals surface area (Å²) in [6.07, 6.45) is -4.68. The van der Waals surface area contributed by atoms with Crippen molar-refractivity contribution in [3.05, 3.63) is 63.7 Å². The summed E-state index contributed by atoms with van der Waals surface area (Å²) in [6.45, 7) is 0.734. The van der Waals surface area contributed by atoms with Crippen LogP contribution in [0.15, 0.2) is 42.5 Å². The van der Waals surface area contributed by atoms with Gasteiger partial charge in [-0.05, 0) is 36.4 Å². The normalized spacial score (nSPS) is 14.1. The Morgan fingerprint density at radius 2 is 1.77 bits per heavy atom. The summed E-state index contributed by atoms with van der Waals surface area (Å²) < 4.78 is 44.0. The Bertz CT molecular complexity index is 1010. The predicted octanol–water partition coefficient (Wildman–Crippen LogP) is 3.21. The molecule has 162 valence electrons. The highest BCUT2D eigenvalue weighted by molar-refractivity contribution is 5.78. The first-order valence-corrected chi connectivity index (χ1v) is 9.20. The van der Waals surface area contributed by atoms with Crippen LogP contribution in [-0.4, -0.2) is 48.5 Å². The van der Waals surface area contributed by atoms with Gasteiger partial charge in [0.1, 0.15) is 11.4 Å². The van der Waals surface area contributed by atoms with Gasteiger partial charge in [0.15, 0.2) is 6.61 Å². The van der Waals surface area contributed by atoms with Gasteiger partial charge in [-0.1, -0.05) is 0 Å². The van der Waals surface area contributed by atoms with Gasteiger partial charge in [-0.2, -0.15) is 18.4 Å². The number of rotatable bonds is 5. The van der Waals surface area contributed by atoms with E-state index in [4.69, 9.17) is 10.00 Å². The van der Waals surface area contributed by atoms with E-state index < -0.39 is 22.4 Å². The van der Waals surface area contributed by atoms with Gasteiger partial charge < -0.3 is 14.5 Å². The zero-order valence-corrected chi connectivity index (χ0v) is 16.1. The van der Waals surface area contributed by atoms with Crippen LogP contribution in [0.25, 0.3) is 0 Å². The lowest BCUT2D eigenvalue weighted by Crippen LogP contribution is -2.50. The number of nitro benzene ring substituents is 1. The molecule has 0 atom stereocenters. The molecule has 1 amide bonds. The van der Waals surface area contributed by atoms with Crippen molar-refractivity contribution in [1.82, 2.24) is 4.90 Å². The topological polar surface area (TPSA) is 99.7 Å². The largest absolute Gasteiger partial charge is 0.484 e. The summed E-state index contributed by atoms with van der Waals surface area (Å²) in [5, 5.41) is 20.1. The molecule has 31 heavy (non-hydrogen) atoms. The summed E-state index contributed by atoms with van der Waals surface area (Å²) in [7, 11) is 0. The number of nitro groups is 1. The SMILES string of the molecule is N#Cc1ccc(OCC(=O)N2CCN(c3ccc(C(F)(F)F)cc3[N+](=O)[O-])CC2)cc1. The molecule has 0 spiro atoms. The average Bonchev–Trinajstić information content (AvgIpc) is 2.77. The van der Waals surface area contributed by atoms with Gasteiger partial charge in [-0.3, -0.25) is 14.9 Å². The number of anilines is 1. The minimum absolute atomic E-state index is 0.0823. The second-order valence-electron chi connectivity index (χ2n) is 6.75. The second-order valence-corrected chi connectivity index (χ2v) is 6.75. The van der Waals surface area contributed by atoms with Crippen LogP contribution in [-0.2, 0) is 11.0 Å². The molecule has 3 rings (SSSR count). The van der Waals surface area contributed by atoms with E-state index in [9.17, 15) is 28.1 Å². The summed E-state index contributed by atoms with van der Waals surface area (Å²) in [6, 6.07) is 10.7. The molecule has 1 aliphatic rings. The van der Waals surface area contributed by atoms with E-state index in [0.29, 0.717) is 17.4 Å². The molecule has 2 aromatic rings. The Morgan fingerprint density at radius 3 is 2.32 bits per heavy atom. The third-order valence-corrected chi connectivity index (χ3v) is 4.82. The Labute approximate surface area is 175 Å². The Balaban J connectivity index is 1.60. The molecule has 1 saturated heterocycles. The Morgan fingerprint density at radius 1 is 1.13 bits per heavy atom. The molecule has 1 heterocycles. The number of benzene rings is 2. The number of ether oxygens (including phenoxy) is 1. The van der Waals surface area contributed by atoms with E-state index >= 15 is 0 Å². The standard InChI is InChI=1S/C20H17F3N4O4/c21-20(22,23)15-3-6-17(18(11-15)27(29)30)25-7-9-26(10-8-25)19(28)13-31-16-4-1-14(12-24)2-5-16/h1-6,11H,7-10,13H2. The summed E-state index contributed by atoms with van der Waals surface area (Å²) in [5.74, 6) is 0.150. The zero-order valence-electron chi connectivity index (χ0n) is 16.1. The van der Waals surface area contributed by atoms with E-state index in [2.05, 4.69) is 0 Å². The van der Waals surface area contributed by atoms with Crippen LogP contribution in [0.4, 0.5) is 24.5 Å². The van der Waals surface area contributed by atoms with Crippen LogP contribution < -0.4 is 9.64 Å². The van der Waals surface area contributed by atoms with Crippen LogP contribution in [0.5, 0.6) is 5.75 Å². The van der Waals surface area contributed by atoms with Crippen LogP contribution in [0.2, 0.25) is 0 Å². The molecule has 11 heteroatoms. The van der Waals surface area contributed by atoms with E-state index in [0.717, 1.165) is 12.1 Å². The molecule has 2 aromatic carbocycles. The number of piperazine rings is 1. The predicted molar refractivity (Wildman–Crippen MR) is 104 cm³/mol. The van der Waals surface area contributed by atoms with Gasteiger partial charge >= 0.3 is 6.18 Å². The van der Waals surface area contributed by atoms with Crippen LogP contribution in [0.1, 0.15) is 11.1 Å². The monoisotopic (exact) mass is 434 g/mol. The van der Waals surface area contributed by atoms with Crippen molar-refractivity contribution in [3.8, 4) is 11.8 Å². The molecule has 0 N–H and O–H groups in total. The first kappa shape index (κ1) is 21.9. The number of amides is 1. The quantitative estimate of drug-likeness (QED) is 0.529. The highest BCUT2D eigenvalue weighted by Crippen LogP contribution is 2.36. The van der Waals surface area contributed by atoms with Crippen LogP contribution in [0.3, 0.4) is 0 Å². The maximum Gasteiger partial charge on any atom is 0.416 e. The van der Waals surface area contributed by atoms with E-state index in [1.165, 1.54) is 4.90 Å². The average molecular weight is 434 g/mol. The Kier molecular flexibility index (Phi) is 6.29. The van der Waals surface area contributed by atoms with E-state index in [1.807, 2.05) is 6.07 Å². The number of halogens is 3. The number of hydrogen-bond acceptors (Lipinski definition) is 6. The number of nitrogens with zero attached hydrogens (tertiary/aromatic N) is 4. The lowest BCUT2D eigenvalue weighted by molar-refractivity contribution is -0.384. The summed E-state index contributed by atoms with van der Waals surface area (Å²) >= 11 is 0. The molecule has 1 aliphatic heterocycles. The molecule has 8 nitrogen and oxygen atoms in total. The lowest BCUT2D eigenvalue weighted by Gasteiger charge is -2.35. The highest BCUT2D eigenvalue weighted by Gasteiger charge is 2.34. The van der Waals surface area contributed by atoms with Crippen LogP contribution >= 0.6 is 0 Å². The highest BCUT2D eigenvalue weighted by atomic mass is 19.4. The zero-order chi connectivity index (χ0) is 22.6. The maximum atomic E-state index is 12.9. The number of hydrogen-bond donors (Lipinski definition) is 0. The van der Waals surface area contributed by atoms with Gasteiger partial charge in [0.05, 0.1) is 22.1 Å². The molecular weight excluding hydrogens is 417 g/mol. The van der Waals surface area contributed by atoms with Gasteiger partial charge in [0.25, 0.3) is 11.6 Å². The summed E-state index contributed by atoms with van der Waals surface area (Å²) in [5.41, 5.74) is -1.17. The van der Waals surface area contributed by atoms with Crippen molar-refractivity contribution in [3.63, 3.8) is 0 Å². The van der Waals surface area contributed by atoms with Crippen molar-refractivity contribution in [2.24, 2.45) is 0 Å². The number of alkyl halides is 3. The number of carbonyl (C=O) groups is 1. The van der Waals surface area contributed by atoms with Crippen LogP contribution in [0, 0.1) is 21.4 Å². The first-order chi connectivity index (χ1) is 14.7. The van der Waals surface area contributed by atoms with Gasteiger partial charge in [0, 0.05) is 32.2 Å². The molecule has 0 aliphatic carbocycles. The fraction of sp³-hybridized carbons (Fsp3) is 0.300. The lowest BCUT2D eigenvalue weighted by atomic mass is 10.1. The Hall–Kier alpha value is -3.81. The molecule has 0 unspecified atom stereocenters. The second kappa shape index (κ2) is 8.91. The van der Waals surface area contributed by atoms with Gasteiger partial charge in [0.2, 0.25) is 0 Å². The molecule has 0 aromatic heterocycles. The number of nitriles is 1. The maximum absolute atomic E-state index is 12.9. The van der Waals surface area contributed by atoms with Gasteiger partial charge in [-0.25, -0.2) is 0 Å². The van der Waals surface area contributed by atoms with Crippen molar-refractivity contribution in [2.45, 2.75) is 6.18 Å². The third-order valence-electron chi connectivity index (χ3n) is 4.82. The smallest absolute Gasteiger partial charge is 0.416 e. The van der Waals surface area contributed by atoms with Crippen molar-refractivity contribution >= 4 is 17.3 Å². The molecule has 1 fully saturated rings. The fourth-order valence-corrected chi connectivity index (χ4v) is 3.17. The minimum atomic E-state index is -4.68. The third kappa shape index (κ3) is 5.22. The van der Waals surface area contributed by atoms with Crippen molar-refractivity contribution < 1.29 is 27.6 Å². The molecule has 0 saturated carbocycles. The van der Waals surface area contributed by atoms with Gasteiger partial charge in [-0.15, -0.1) is 0 Å². The molecule has 0 bridgehead atoms. The van der Waals surface area contributed by atoms with Crippen molar-refractivity contribution in [2.75, 3.05) is 37.7 Å². The summed E-state index contributed by atoms with van der Waals surface area (Å²) in [4.78, 5) is 25.9. The molecule has 0 radical (unpaired) electrons. The minimum Gasteiger partial charge on any atom is -0.484 e. The fourth-order valence-electron chi connectivity index (χ4n) is 3.17.